The number of carbonyl (C=O) groups excluding carboxylic acids is 1. The number of allylic oxidation sites excluding steroid dienone is 1. The number of ether oxygens (including phenoxy) is 5. The van der Waals surface area contributed by atoms with Crippen molar-refractivity contribution in [1.82, 2.24) is 4.90 Å². The summed E-state index contributed by atoms with van der Waals surface area (Å²) >= 11 is 0. The minimum atomic E-state index is -1.53. The summed E-state index contributed by atoms with van der Waals surface area (Å²) in [6.45, 7) is 8.82. The number of aliphatic hydroxyl groups excluding tert-OH is 2. The van der Waals surface area contributed by atoms with Gasteiger partial charge in [-0.05, 0) is 108 Å². The van der Waals surface area contributed by atoms with Gasteiger partial charge in [-0.15, -0.1) is 6.58 Å². The highest BCUT2D eigenvalue weighted by atomic mass is 16.7. The molecule has 6 atom stereocenters. The molecule has 1 amide bonds. The first-order valence-corrected chi connectivity index (χ1v) is 23.4. The minimum Gasteiger partial charge on any atom is -0.490 e. The first kappa shape index (κ1) is 47.7. The van der Waals surface area contributed by atoms with Crippen LogP contribution in [-0.4, -0.2) is 76.7 Å². The Morgan fingerprint density at radius 1 is 0.882 bits per heavy atom. The molecule has 0 radical (unpaired) electrons. The van der Waals surface area contributed by atoms with E-state index < -0.39 is 22.7 Å². The lowest BCUT2D eigenvalue weighted by atomic mass is 9.55. The van der Waals surface area contributed by atoms with Gasteiger partial charge in [-0.3, -0.25) is 14.9 Å². The number of nitrogens with zero attached hydrogens (tertiary/aromatic N) is 3. The fraction of sp³-hybridized carbons (Fsp3) is 0.370. The maximum atomic E-state index is 15.3. The van der Waals surface area contributed by atoms with Crippen molar-refractivity contribution in [2.24, 2.45) is 22.9 Å². The Labute approximate surface area is 396 Å². The maximum absolute atomic E-state index is 15.3. The van der Waals surface area contributed by atoms with Gasteiger partial charge in [0.25, 0.3) is 5.69 Å². The number of benzene rings is 4. The van der Waals surface area contributed by atoms with Crippen molar-refractivity contribution in [2.75, 3.05) is 33.2 Å². The molecule has 8 rings (SSSR count). The SMILES string of the molecule is C=CCOc1ccc2c(c1)C1C(CCCCO)C(CCCCO)C=C3C(=NOCc4ccccc4)CC(N(Cc4ccc5c(c4)OCO5)C(=O)C=Cc4ccc([N+](=O)[O-])cc4)C(OCC=C)(O2)C31. The third-order valence-corrected chi connectivity index (χ3v) is 13.2. The van der Waals surface area contributed by atoms with Crippen molar-refractivity contribution < 1.29 is 48.5 Å². The second-order valence-corrected chi connectivity index (χ2v) is 17.5. The summed E-state index contributed by atoms with van der Waals surface area (Å²) in [6, 6.07) is 26.4. The predicted molar refractivity (Wildman–Crippen MR) is 257 cm³/mol. The van der Waals surface area contributed by atoms with Crippen LogP contribution >= 0.6 is 0 Å². The van der Waals surface area contributed by atoms with Crippen molar-refractivity contribution >= 4 is 23.4 Å². The van der Waals surface area contributed by atoms with Gasteiger partial charge in [-0.25, -0.2) is 0 Å². The summed E-state index contributed by atoms with van der Waals surface area (Å²) < 4.78 is 32.2. The lowest BCUT2D eigenvalue weighted by Crippen LogP contribution is -2.70. The number of rotatable bonds is 23. The molecule has 2 heterocycles. The largest absolute Gasteiger partial charge is 0.490 e. The van der Waals surface area contributed by atoms with E-state index in [0.717, 1.165) is 47.9 Å². The topological polar surface area (TPSA) is 172 Å². The summed E-state index contributed by atoms with van der Waals surface area (Å²) in [5.41, 5.74) is 4.71. The Morgan fingerprint density at radius 2 is 1.63 bits per heavy atom. The highest BCUT2D eigenvalue weighted by Gasteiger charge is 2.65. The predicted octanol–water partition coefficient (Wildman–Crippen LogP) is 9.46. The molecule has 4 aromatic carbocycles. The molecule has 0 spiro atoms. The van der Waals surface area contributed by atoms with Gasteiger partial charge >= 0.3 is 0 Å². The zero-order chi connectivity index (χ0) is 47.5. The number of hydrogen-bond donors (Lipinski definition) is 2. The summed E-state index contributed by atoms with van der Waals surface area (Å²) in [4.78, 5) is 34.3. The quantitative estimate of drug-likeness (QED) is 0.0239. The van der Waals surface area contributed by atoms with E-state index in [4.69, 9.17) is 33.7 Å². The summed E-state index contributed by atoms with van der Waals surface area (Å²) in [5, 5.41) is 36.4. The van der Waals surface area contributed by atoms with Crippen LogP contribution in [0, 0.1) is 27.9 Å². The van der Waals surface area contributed by atoms with Gasteiger partial charge in [0.05, 0.1) is 23.2 Å². The molecule has 14 nitrogen and oxygen atoms in total. The van der Waals surface area contributed by atoms with E-state index in [1.807, 2.05) is 66.7 Å². The number of fused-ring (bicyclic) bond motifs is 3. The molecular formula is C54H59N3O11. The second-order valence-electron chi connectivity index (χ2n) is 17.5. The molecule has 2 aliphatic heterocycles. The molecule has 0 bridgehead atoms. The van der Waals surface area contributed by atoms with Crippen LogP contribution in [0.15, 0.2) is 139 Å². The van der Waals surface area contributed by atoms with Crippen LogP contribution in [0.2, 0.25) is 0 Å². The monoisotopic (exact) mass is 925 g/mol. The van der Waals surface area contributed by atoms with E-state index in [1.54, 1.807) is 35.3 Å². The molecule has 14 heteroatoms. The Morgan fingerprint density at radius 3 is 2.38 bits per heavy atom. The van der Waals surface area contributed by atoms with Gasteiger partial charge in [0.1, 0.15) is 30.8 Å². The summed E-state index contributed by atoms with van der Waals surface area (Å²) in [6.07, 6.45) is 13.4. The van der Waals surface area contributed by atoms with Crippen molar-refractivity contribution in [2.45, 2.75) is 75.8 Å². The second kappa shape index (κ2) is 22.4. The van der Waals surface area contributed by atoms with E-state index in [-0.39, 0.29) is 75.5 Å². The Balaban J connectivity index is 1.33. The average Bonchev–Trinajstić information content (AvgIpc) is 3.83. The first-order chi connectivity index (χ1) is 33.3. The van der Waals surface area contributed by atoms with E-state index in [2.05, 4.69) is 19.2 Å². The average molecular weight is 926 g/mol. The molecule has 356 valence electrons. The van der Waals surface area contributed by atoms with E-state index in [1.165, 1.54) is 18.2 Å². The number of nitro benzene ring substituents is 1. The number of amides is 1. The number of unbranched alkanes of at least 4 members (excludes halogenated alkanes) is 2. The number of nitro groups is 1. The van der Waals surface area contributed by atoms with Crippen LogP contribution in [0.25, 0.3) is 6.08 Å². The van der Waals surface area contributed by atoms with E-state index >= 15 is 4.79 Å². The van der Waals surface area contributed by atoms with Gasteiger partial charge in [0.15, 0.2) is 11.5 Å². The van der Waals surface area contributed by atoms with Gasteiger partial charge in [-0.2, -0.15) is 0 Å². The summed E-state index contributed by atoms with van der Waals surface area (Å²) in [5.74, 6) is -0.297. The molecule has 0 aromatic heterocycles. The van der Waals surface area contributed by atoms with E-state index in [9.17, 15) is 20.3 Å². The zero-order valence-corrected chi connectivity index (χ0v) is 38.2. The van der Waals surface area contributed by atoms with Crippen LogP contribution in [-0.2, 0) is 27.5 Å². The van der Waals surface area contributed by atoms with Crippen LogP contribution < -0.4 is 18.9 Å². The highest BCUT2D eigenvalue weighted by Crippen LogP contribution is 2.62. The summed E-state index contributed by atoms with van der Waals surface area (Å²) in [7, 11) is 0. The van der Waals surface area contributed by atoms with Crippen molar-refractivity contribution in [3.63, 3.8) is 0 Å². The molecule has 4 aliphatic rings. The third kappa shape index (κ3) is 10.5. The molecule has 0 saturated heterocycles. The Hall–Kier alpha value is -6.74. The molecule has 1 saturated carbocycles. The number of non-ortho nitro benzene ring substituents is 1. The van der Waals surface area contributed by atoms with Crippen molar-refractivity contribution in [3.05, 3.63) is 166 Å². The fourth-order valence-electron chi connectivity index (χ4n) is 10.2. The molecule has 68 heavy (non-hydrogen) atoms. The molecule has 2 aliphatic carbocycles. The van der Waals surface area contributed by atoms with Gasteiger partial charge in [0.2, 0.25) is 18.5 Å². The third-order valence-electron chi connectivity index (χ3n) is 13.2. The molecule has 4 aromatic rings. The zero-order valence-electron chi connectivity index (χ0n) is 38.2. The number of aliphatic hydroxyl groups is 2. The van der Waals surface area contributed by atoms with Gasteiger partial charge in [0, 0.05) is 55.9 Å². The number of carbonyl (C=O) groups is 1. The normalized spacial score (nSPS) is 22.6. The minimum absolute atomic E-state index is 0.00304. The van der Waals surface area contributed by atoms with Crippen molar-refractivity contribution in [1.29, 1.82) is 0 Å². The lowest BCUT2D eigenvalue weighted by Gasteiger charge is -2.60. The van der Waals surface area contributed by atoms with Crippen LogP contribution in [0.5, 0.6) is 23.0 Å². The Bertz CT molecular complexity index is 2510. The van der Waals surface area contributed by atoms with Crippen LogP contribution in [0.3, 0.4) is 0 Å². The lowest BCUT2D eigenvalue weighted by molar-refractivity contribution is -0.384. The maximum Gasteiger partial charge on any atom is 0.269 e. The fourth-order valence-corrected chi connectivity index (χ4v) is 10.2. The van der Waals surface area contributed by atoms with Crippen molar-refractivity contribution in [3.8, 4) is 23.0 Å². The first-order valence-electron chi connectivity index (χ1n) is 23.4. The molecule has 1 fully saturated rings. The standard InChI is InChI=1S/C54H59N3O11/c1-3-28-63-42-22-24-47-45(32-42)52-43(15-9-11-27-59)40(14-8-10-26-58)31-44-46(55-67-35-38-12-6-5-7-13-38)33-50(54(68-47,53(44)52)66-29-4-2)56(34-39-18-23-48-49(30-39)65-36-64-48)51(60)25-19-37-16-20-41(21-17-37)57(61)62/h3-7,12-13,16-25,30-32,40,43,50,52-53,58-59H,1-2,8-11,14-15,26-29,33-36H2. The highest BCUT2D eigenvalue weighted by molar-refractivity contribution is 6.03. The Kier molecular flexibility index (Phi) is 15.7. The van der Waals surface area contributed by atoms with Crippen LogP contribution in [0.1, 0.15) is 73.1 Å². The van der Waals surface area contributed by atoms with E-state index in [0.29, 0.717) is 53.7 Å². The van der Waals surface area contributed by atoms with Crippen LogP contribution in [0.4, 0.5) is 5.69 Å². The smallest absolute Gasteiger partial charge is 0.269 e. The van der Waals surface area contributed by atoms with Gasteiger partial charge < -0.3 is 43.6 Å². The molecular weight excluding hydrogens is 867 g/mol. The molecule has 2 N–H and O–H groups in total. The van der Waals surface area contributed by atoms with Gasteiger partial charge in [-0.1, -0.05) is 79.2 Å². The number of hydrogen-bond acceptors (Lipinski definition) is 12. The number of oxime groups is 1. The molecule has 6 unspecified atom stereocenters.